The monoisotopic (exact) mass is 552 g/mol. The SMILES string of the molecule is Cn1nc(C(=O)N(CCNc2cc(C(=O)O)ccc2F)Cc2cccc(F)c2)c2c1-c1cc(Cl)ccc1OC2. The molecular weight excluding hydrogens is 530 g/mol. The zero-order chi connectivity index (χ0) is 27.7. The normalized spacial score (nSPS) is 11.8. The van der Waals surface area contributed by atoms with Crippen molar-refractivity contribution < 1.29 is 28.2 Å². The summed E-state index contributed by atoms with van der Waals surface area (Å²) < 4.78 is 35.7. The van der Waals surface area contributed by atoms with Crippen LogP contribution in [-0.2, 0) is 20.2 Å². The molecule has 0 saturated carbocycles. The third-order valence-electron chi connectivity index (χ3n) is 6.38. The van der Waals surface area contributed by atoms with E-state index >= 15 is 0 Å². The van der Waals surface area contributed by atoms with Crippen molar-refractivity contribution in [3.63, 3.8) is 0 Å². The van der Waals surface area contributed by atoms with Gasteiger partial charge in [-0.05, 0) is 54.1 Å². The summed E-state index contributed by atoms with van der Waals surface area (Å²) in [5.41, 5.74) is 2.66. The number of carboxylic acids is 1. The standard InChI is InChI=1S/C28H23ClF2N4O4/c1-34-26-20-13-18(29)6-8-24(20)39-15-21(26)25(33-34)27(36)35(14-16-3-2-4-19(30)11-16)10-9-32-23-12-17(28(37)38)5-7-22(23)31/h2-8,11-13,32H,9-10,14-15H2,1H3,(H,37,38). The van der Waals surface area contributed by atoms with Gasteiger partial charge < -0.3 is 20.1 Å². The molecule has 1 amide bonds. The Morgan fingerprint density at radius 2 is 1.97 bits per heavy atom. The minimum Gasteiger partial charge on any atom is -0.488 e. The van der Waals surface area contributed by atoms with Crippen LogP contribution in [0.1, 0.15) is 32.0 Å². The zero-order valence-corrected chi connectivity index (χ0v) is 21.5. The summed E-state index contributed by atoms with van der Waals surface area (Å²) in [6.07, 6.45) is 0. The fourth-order valence-electron chi connectivity index (χ4n) is 4.55. The number of halogens is 3. The Kier molecular flexibility index (Phi) is 7.21. The molecule has 11 heteroatoms. The number of ether oxygens (including phenoxy) is 1. The topological polar surface area (TPSA) is 96.7 Å². The fraction of sp³-hybridized carbons (Fsp3) is 0.179. The number of fused-ring (bicyclic) bond motifs is 3. The van der Waals surface area contributed by atoms with Crippen molar-refractivity contribution in [2.75, 3.05) is 18.4 Å². The van der Waals surface area contributed by atoms with Gasteiger partial charge in [0.1, 0.15) is 24.0 Å². The van der Waals surface area contributed by atoms with Gasteiger partial charge in [-0.1, -0.05) is 23.7 Å². The maximum absolute atomic E-state index is 14.3. The molecule has 4 aromatic rings. The molecule has 0 saturated heterocycles. The number of aromatic nitrogens is 2. The third kappa shape index (κ3) is 5.42. The number of carbonyl (C=O) groups is 2. The summed E-state index contributed by atoms with van der Waals surface area (Å²) in [4.78, 5) is 26.6. The molecule has 39 heavy (non-hydrogen) atoms. The first-order valence-corrected chi connectivity index (χ1v) is 12.4. The number of aryl methyl sites for hydroxylation is 1. The third-order valence-corrected chi connectivity index (χ3v) is 6.61. The van der Waals surface area contributed by atoms with Crippen LogP contribution in [0.5, 0.6) is 5.75 Å². The molecule has 1 aliphatic heterocycles. The molecule has 0 radical (unpaired) electrons. The van der Waals surface area contributed by atoms with E-state index in [-0.39, 0.29) is 43.2 Å². The lowest BCUT2D eigenvalue weighted by Gasteiger charge is -2.24. The van der Waals surface area contributed by atoms with E-state index in [1.54, 1.807) is 42.1 Å². The number of nitrogens with one attached hydrogen (secondary N) is 1. The summed E-state index contributed by atoms with van der Waals surface area (Å²) in [5.74, 6) is -2.06. The van der Waals surface area contributed by atoms with Crippen molar-refractivity contribution in [3.05, 3.63) is 99.7 Å². The summed E-state index contributed by atoms with van der Waals surface area (Å²) in [7, 11) is 1.72. The number of carboxylic acid groups (broad SMARTS) is 1. The molecule has 1 aromatic heterocycles. The van der Waals surface area contributed by atoms with Crippen LogP contribution >= 0.6 is 11.6 Å². The molecule has 2 heterocycles. The molecule has 2 N–H and O–H groups in total. The highest BCUT2D eigenvalue weighted by Crippen LogP contribution is 2.40. The second kappa shape index (κ2) is 10.7. The first-order chi connectivity index (χ1) is 18.7. The molecule has 0 fully saturated rings. The van der Waals surface area contributed by atoms with E-state index in [4.69, 9.17) is 16.3 Å². The van der Waals surface area contributed by atoms with E-state index in [0.717, 1.165) is 6.07 Å². The van der Waals surface area contributed by atoms with Gasteiger partial charge in [0.05, 0.1) is 16.9 Å². The molecule has 0 aliphatic carbocycles. The number of carbonyl (C=O) groups excluding carboxylic acids is 1. The molecule has 3 aromatic carbocycles. The van der Waals surface area contributed by atoms with Crippen LogP contribution in [0.25, 0.3) is 11.3 Å². The number of hydrogen-bond acceptors (Lipinski definition) is 5. The molecule has 0 unspecified atom stereocenters. The number of nitrogens with zero attached hydrogens (tertiary/aromatic N) is 3. The second-order valence-corrected chi connectivity index (χ2v) is 9.45. The van der Waals surface area contributed by atoms with E-state index < -0.39 is 23.5 Å². The largest absolute Gasteiger partial charge is 0.488 e. The Labute approximate surface area is 227 Å². The van der Waals surface area contributed by atoms with Gasteiger partial charge in [0, 0.05) is 42.8 Å². The number of rotatable bonds is 8. The molecule has 1 aliphatic rings. The van der Waals surface area contributed by atoms with Crippen LogP contribution in [0.2, 0.25) is 5.02 Å². The van der Waals surface area contributed by atoms with Crippen LogP contribution in [-0.4, -0.2) is 44.8 Å². The smallest absolute Gasteiger partial charge is 0.335 e. The maximum atomic E-state index is 14.3. The highest BCUT2D eigenvalue weighted by atomic mass is 35.5. The lowest BCUT2D eigenvalue weighted by atomic mass is 10.0. The molecular formula is C28H23ClF2N4O4. The minimum absolute atomic E-state index is 0.00912. The van der Waals surface area contributed by atoms with Crippen LogP contribution < -0.4 is 10.1 Å². The number of amides is 1. The number of anilines is 1. The quantitative estimate of drug-likeness (QED) is 0.305. The summed E-state index contributed by atoms with van der Waals surface area (Å²) in [6, 6.07) is 14.5. The van der Waals surface area contributed by atoms with Crippen LogP contribution in [0.3, 0.4) is 0 Å². The highest BCUT2D eigenvalue weighted by molar-refractivity contribution is 6.31. The van der Waals surface area contributed by atoms with Gasteiger partial charge in [-0.3, -0.25) is 9.48 Å². The highest BCUT2D eigenvalue weighted by Gasteiger charge is 2.31. The minimum atomic E-state index is -1.19. The molecule has 8 nitrogen and oxygen atoms in total. The molecule has 0 bridgehead atoms. The molecule has 0 atom stereocenters. The van der Waals surface area contributed by atoms with Gasteiger partial charge in [0.25, 0.3) is 5.91 Å². The Balaban J connectivity index is 1.44. The summed E-state index contributed by atoms with van der Waals surface area (Å²) >= 11 is 6.21. The van der Waals surface area contributed by atoms with Gasteiger partial charge in [-0.25, -0.2) is 13.6 Å². The zero-order valence-electron chi connectivity index (χ0n) is 20.7. The van der Waals surface area contributed by atoms with E-state index in [1.807, 2.05) is 0 Å². The Morgan fingerprint density at radius 1 is 1.15 bits per heavy atom. The first-order valence-electron chi connectivity index (χ1n) is 12.0. The van der Waals surface area contributed by atoms with Gasteiger partial charge in [0.15, 0.2) is 5.69 Å². The van der Waals surface area contributed by atoms with Crippen molar-refractivity contribution in [1.29, 1.82) is 0 Å². The van der Waals surface area contributed by atoms with Gasteiger partial charge in [0.2, 0.25) is 0 Å². The predicted molar refractivity (Wildman–Crippen MR) is 141 cm³/mol. The van der Waals surface area contributed by atoms with Gasteiger partial charge >= 0.3 is 5.97 Å². The van der Waals surface area contributed by atoms with E-state index in [1.165, 1.54) is 29.2 Å². The van der Waals surface area contributed by atoms with Crippen LogP contribution in [0, 0.1) is 11.6 Å². The van der Waals surface area contributed by atoms with Crippen molar-refractivity contribution in [2.24, 2.45) is 7.05 Å². The fourth-order valence-corrected chi connectivity index (χ4v) is 4.73. The Morgan fingerprint density at radius 3 is 2.74 bits per heavy atom. The number of aromatic carboxylic acids is 1. The Hall–Kier alpha value is -4.44. The van der Waals surface area contributed by atoms with Crippen LogP contribution in [0.4, 0.5) is 14.5 Å². The lowest BCUT2D eigenvalue weighted by Crippen LogP contribution is -2.35. The van der Waals surface area contributed by atoms with Crippen molar-refractivity contribution in [3.8, 4) is 17.0 Å². The summed E-state index contributed by atoms with van der Waals surface area (Å²) in [6.45, 7) is 0.356. The second-order valence-electron chi connectivity index (χ2n) is 9.01. The number of hydrogen-bond donors (Lipinski definition) is 2. The predicted octanol–water partition coefficient (Wildman–Crippen LogP) is 5.36. The van der Waals surface area contributed by atoms with Crippen molar-refractivity contribution >= 4 is 29.2 Å². The average Bonchev–Trinajstić information content (AvgIpc) is 3.25. The van der Waals surface area contributed by atoms with Gasteiger partial charge in [-0.15, -0.1) is 0 Å². The van der Waals surface area contributed by atoms with Crippen LogP contribution in [0.15, 0.2) is 60.7 Å². The molecule has 200 valence electrons. The first kappa shape index (κ1) is 26.2. The van der Waals surface area contributed by atoms with Crippen molar-refractivity contribution in [1.82, 2.24) is 14.7 Å². The average molecular weight is 553 g/mol. The summed E-state index contributed by atoms with van der Waals surface area (Å²) in [5, 5.41) is 17.1. The lowest BCUT2D eigenvalue weighted by molar-refractivity contribution is 0.0695. The van der Waals surface area contributed by atoms with E-state index in [9.17, 15) is 23.5 Å². The van der Waals surface area contributed by atoms with Gasteiger partial charge in [-0.2, -0.15) is 5.10 Å². The number of benzene rings is 3. The Bertz CT molecular complexity index is 1590. The van der Waals surface area contributed by atoms with Crippen molar-refractivity contribution in [2.45, 2.75) is 13.2 Å². The van der Waals surface area contributed by atoms with E-state index in [2.05, 4.69) is 10.4 Å². The molecule has 0 spiro atoms. The maximum Gasteiger partial charge on any atom is 0.335 e. The molecule has 5 rings (SSSR count). The van der Waals surface area contributed by atoms with E-state index in [0.29, 0.717) is 33.2 Å².